The second kappa shape index (κ2) is 5.12. The summed E-state index contributed by atoms with van der Waals surface area (Å²) in [5.74, 6) is -0.206. The van der Waals surface area contributed by atoms with Gasteiger partial charge in [0.25, 0.3) is 0 Å². The molecule has 0 aromatic heterocycles. The Kier molecular flexibility index (Phi) is 3.78. The van der Waals surface area contributed by atoms with Crippen LogP contribution >= 0.6 is 0 Å². The molecule has 2 rings (SSSR count). The minimum atomic E-state index is -0.258. The van der Waals surface area contributed by atoms with Crippen molar-refractivity contribution in [3.63, 3.8) is 0 Å². The van der Waals surface area contributed by atoms with Crippen molar-refractivity contribution < 1.29 is 9.53 Å². The Hall–Kier alpha value is -0.650. The van der Waals surface area contributed by atoms with Crippen molar-refractivity contribution in [2.24, 2.45) is 5.73 Å². The van der Waals surface area contributed by atoms with Crippen LogP contribution < -0.4 is 5.73 Å². The second-order valence-corrected chi connectivity index (χ2v) is 4.58. The quantitative estimate of drug-likeness (QED) is 0.642. The summed E-state index contributed by atoms with van der Waals surface area (Å²) < 4.78 is 4.77. The van der Waals surface area contributed by atoms with Crippen molar-refractivity contribution in [3.05, 3.63) is 0 Å². The van der Waals surface area contributed by atoms with Crippen LogP contribution in [-0.4, -0.2) is 67.7 Å². The van der Waals surface area contributed by atoms with E-state index < -0.39 is 0 Å². The first-order valence-electron chi connectivity index (χ1n) is 6.02. The number of piperazine rings is 1. The first kappa shape index (κ1) is 11.8. The van der Waals surface area contributed by atoms with Gasteiger partial charge in [-0.05, 0) is 12.8 Å². The molecule has 0 amide bonds. The summed E-state index contributed by atoms with van der Waals surface area (Å²) in [6, 6.07) is 0.558. The van der Waals surface area contributed by atoms with E-state index in [9.17, 15) is 4.79 Å². The molecule has 16 heavy (non-hydrogen) atoms. The number of carbonyl (C=O) groups is 1. The zero-order chi connectivity index (χ0) is 11.5. The minimum absolute atomic E-state index is 0.206. The maximum Gasteiger partial charge on any atom is 0.324 e. The van der Waals surface area contributed by atoms with E-state index in [2.05, 4.69) is 9.80 Å². The van der Waals surface area contributed by atoms with Crippen molar-refractivity contribution in [2.45, 2.75) is 24.9 Å². The van der Waals surface area contributed by atoms with Crippen LogP contribution in [0.2, 0.25) is 0 Å². The van der Waals surface area contributed by atoms with Crippen LogP contribution in [0.15, 0.2) is 0 Å². The summed E-state index contributed by atoms with van der Waals surface area (Å²) in [5, 5.41) is 0. The third-order valence-electron chi connectivity index (χ3n) is 3.55. The Morgan fingerprint density at radius 3 is 2.44 bits per heavy atom. The number of ether oxygens (including phenoxy) is 1. The smallest absolute Gasteiger partial charge is 0.324 e. The van der Waals surface area contributed by atoms with E-state index in [1.165, 1.54) is 20.0 Å². The van der Waals surface area contributed by atoms with E-state index in [0.29, 0.717) is 6.54 Å². The van der Waals surface area contributed by atoms with E-state index in [-0.39, 0.29) is 12.0 Å². The Bertz CT molecular complexity index is 248. The van der Waals surface area contributed by atoms with Crippen LogP contribution in [0, 0.1) is 0 Å². The molecule has 2 N–H and O–H groups in total. The normalized spacial score (nSPS) is 25.4. The highest BCUT2D eigenvalue weighted by atomic mass is 16.5. The van der Waals surface area contributed by atoms with Crippen molar-refractivity contribution in [1.82, 2.24) is 9.80 Å². The molecule has 2 fully saturated rings. The molecule has 0 bridgehead atoms. The Balaban J connectivity index is 1.83. The van der Waals surface area contributed by atoms with Crippen LogP contribution in [0.5, 0.6) is 0 Å². The highest BCUT2D eigenvalue weighted by molar-refractivity contribution is 5.75. The average molecular weight is 227 g/mol. The van der Waals surface area contributed by atoms with E-state index in [1.54, 1.807) is 0 Å². The van der Waals surface area contributed by atoms with Gasteiger partial charge in [0.15, 0.2) is 0 Å². The minimum Gasteiger partial charge on any atom is -0.468 e. The molecule has 1 saturated carbocycles. The van der Waals surface area contributed by atoms with Crippen molar-refractivity contribution in [1.29, 1.82) is 0 Å². The van der Waals surface area contributed by atoms with E-state index in [4.69, 9.17) is 10.5 Å². The van der Waals surface area contributed by atoms with Gasteiger partial charge in [0, 0.05) is 38.8 Å². The van der Waals surface area contributed by atoms with E-state index in [0.717, 1.165) is 32.2 Å². The molecule has 1 atom stereocenters. The average Bonchev–Trinajstić information content (AvgIpc) is 3.14. The van der Waals surface area contributed by atoms with Gasteiger partial charge in [-0.15, -0.1) is 0 Å². The number of nitrogens with zero attached hydrogens (tertiary/aromatic N) is 2. The SMILES string of the molecule is COC(=O)C(CN)N1CCN(C2CC2)CC1. The molecule has 0 aromatic rings. The number of hydrogen-bond acceptors (Lipinski definition) is 5. The monoisotopic (exact) mass is 227 g/mol. The number of esters is 1. The lowest BCUT2D eigenvalue weighted by Gasteiger charge is -2.37. The molecule has 1 unspecified atom stereocenters. The predicted octanol–water partition coefficient (Wildman–Crippen LogP) is -0.733. The maximum absolute atomic E-state index is 11.5. The lowest BCUT2D eigenvalue weighted by Crippen LogP contribution is -2.55. The predicted molar refractivity (Wildman–Crippen MR) is 61.0 cm³/mol. The zero-order valence-corrected chi connectivity index (χ0v) is 9.89. The van der Waals surface area contributed by atoms with Crippen molar-refractivity contribution in [2.75, 3.05) is 39.8 Å². The molecular formula is C11H21N3O2. The number of nitrogens with two attached hydrogens (primary N) is 1. The van der Waals surface area contributed by atoms with Crippen LogP contribution in [0.3, 0.4) is 0 Å². The Morgan fingerprint density at radius 2 is 2.00 bits per heavy atom. The van der Waals surface area contributed by atoms with Gasteiger partial charge >= 0.3 is 5.97 Å². The van der Waals surface area contributed by atoms with Gasteiger partial charge in [0.1, 0.15) is 6.04 Å². The summed E-state index contributed by atoms with van der Waals surface area (Å²) in [6.45, 7) is 4.30. The molecule has 2 aliphatic rings. The third-order valence-corrected chi connectivity index (χ3v) is 3.55. The fourth-order valence-corrected chi connectivity index (χ4v) is 2.38. The lowest BCUT2D eigenvalue weighted by molar-refractivity contribution is -0.147. The Morgan fingerprint density at radius 1 is 1.38 bits per heavy atom. The number of rotatable bonds is 4. The summed E-state index contributed by atoms with van der Waals surface area (Å²) in [6.07, 6.45) is 2.69. The molecule has 0 aromatic carbocycles. The number of methoxy groups -OCH3 is 1. The van der Waals surface area contributed by atoms with Crippen LogP contribution in [-0.2, 0) is 9.53 Å². The van der Waals surface area contributed by atoms with Crippen LogP contribution in [0.1, 0.15) is 12.8 Å². The lowest BCUT2D eigenvalue weighted by atomic mass is 10.2. The first-order chi connectivity index (χ1) is 7.76. The number of carbonyl (C=O) groups excluding carboxylic acids is 1. The van der Waals surface area contributed by atoms with Gasteiger partial charge in [-0.2, -0.15) is 0 Å². The van der Waals surface area contributed by atoms with Gasteiger partial charge in [-0.1, -0.05) is 0 Å². The molecule has 0 radical (unpaired) electrons. The molecule has 1 saturated heterocycles. The summed E-state index contributed by atoms with van der Waals surface area (Å²) in [7, 11) is 1.42. The topological polar surface area (TPSA) is 58.8 Å². The third kappa shape index (κ3) is 2.53. The van der Waals surface area contributed by atoms with E-state index >= 15 is 0 Å². The Labute approximate surface area is 96.5 Å². The van der Waals surface area contributed by atoms with E-state index in [1.807, 2.05) is 0 Å². The highest BCUT2D eigenvalue weighted by Crippen LogP contribution is 2.27. The zero-order valence-electron chi connectivity index (χ0n) is 9.89. The largest absolute Gasteiger partial charge is 0.468 e. The second-order valence-electron chi connectivity index (χ2n) is 4.58. The molecular weight excluding hydrogens is 206 g/mol. The summed E-state index contributed by atoms with van der Waals surface area (Å²) in [4.78, 5) is 16.2. The van der Waals surface area contributed by atoms with Gasteiger partial charge in [0.05, 0.1) is 7.11 Å². The summed E-state index contributed by atoms with van der Waals surface area (Å²) >= 11 is 0. The molecule has 5 nitrogen and oxygen atoms in total. The molecule has 1 aliphatic heterocycles. The molecule has 92 valence electrons. The van der Waals surface area contributed by atoms with Gasteiger partial charge in [-0.25, -0.2) is 0 Å². The highest BCUT2D eigenvalue weighted by Gasteiger charge is 2.34. The van der Waals surface area contributed by atoms with Crippen molar-refractivity contribution in [3.8, 4) is 0 Å². The molecule has 1 aliphatic carbocycles. The molecule has 5 heteroatoms. The van der Waals surface area contributed by atoms with Gasteiger partial charge < -0.3 is 10.5 Å². The van der Waals surface area contributed by atoms with Gasteiger partial charge in [-0.3, -0.25) is 14.6 Å². The van der Waals surface area contributed by atoms with Crippen LogP contribution in [0.25, 0.3) is 0 Å². The number of hydrogen-bond donors (Lipinski definition) is 1. The fourth-order valence-electron chi connectivity index (χ4n) is 2.38. The molecule has 0 spiro atoms. The fraction of sp³-hybridized carbons (Fsp3) is 0.909. The van der Waals surface area contributed by atoms with Crippen LogP contribution in [0.4, 0.5) is 0 Å². The van der Waals surface area contributed by atoms with Crippen molar-refractivity contribution >= 4 is 5.97 Å². The van der Waals surface area contributed by atoms with Gasteiger partial charge in [0.2, 0.25) is 0 Å². The maximum atomic E-state index is 11.5. The standard InChI is InChI=1S/C11H21N3O2/c1-16-11(15)10(8-12)14-6-4-13(5-7-14)9-2-3-9/h9-10H,2-8,12H2,1H3. The first-order valence-corrected chi connectivity index (χ1v) is 6.02. The summed E-state index contributed by atoms with van der Waals surface area (Å²) in [5.41, 5.74) is 5.63. The molecule has 1 heterocycles.